The highest BCUT2D eigenvalue weighted by Gasteiger charge is 2.53. The van der Waals surface area contributed by atoms with Crippen LogP contribution in [-0.2, 0) is 11.4 Å². The number of benzene rings is 2. The highest BCUT2D eigenvalue weighted by Crippen LogP contribution is 2.60. The molecule has 0 amide bonds. The van der Waals surface area contributed by atoms with Gasteiger partial charge in [0.2, 0.25) is 0 Å². The van der Waals surface area contributed by atoms with Gasteiger partial charge in [0.05, 0.1) is 7.11 Å². The van der Waals surface area contributed by atoms with E-state index in [1.165, 1.54) is 19.3 Å². The average molecular weight is 437 g/mol. The molecule has 0 unspecified atom stereocenters. The molecule has 0 aliphatic heterocycles. The number of hydrogen-bond donors (Lipinski definition) is 0. The van der Waals surface area contributed by atoms with Crippen molar-refractivity contribution in [1.82, 2.24) is 0 Å². The fraction of sp³-hybridized carbons (Fsp3) is 0.444. The predicted octanol–water partition coefficient (Wildman–Crippen LogP) is 6.73. The lowest BCUT2D eigenvalue weighted by atomic mass is 9.48. The molecule has 2 aromatic carbocycles. The summed E-state index contributed by atoms with van der Waals surface area (Å²) in [6.07, 6.45) is 11.2. The summed E-state index contributed by atoms with van der Waals surface area (Å²) in [5.41, 5.74) is 1.86. The third kappa shape index (κ3) is 4.25. The summed E-state index contributed by atoms with van der Waals surface area (Å²) in [7, 11) is 1.66. The van der Waals surface area contributed by atoms with Gasteiger partial charge < -0.3 is 9.47 Å². The molecule has 3 nitrogen and oxygen atoms in total. The molecule has 0 heterocycles. The third-order valence-corrected chi connectivity index (χ3v) is 7.75. The standard InChI is InChI=1S/C27H29ClO3/c1-30-25-8-2-18(13-22(25)17-31-24-6-4-23(28)5-7-24)3-9-26(29)27-14-19-10-20(15-27)12-21(11-19)16-27/h2-9,13,19-21H,10-12,14-17H2,1H3/b9-3+. The smallest absolute Gasteiger partial charge is 0.161 e. The monoisotopic (exact) mass is 436 g/mol. The lowest BCUT2D eigenvalue weighted by Crippen LogP contribution is -2.49. The van der Waals surface area contributed by atoms with E-state index in [1.807, 2.05) is 54.6 Å². The number of methoxy groups -OCH3 is 1. The van der Waals surface area contributed by atoms with Gasteiger partial charge in [-0.25, -0.2) is 0 Å². The van der Waals surface area contributed by atoms with Crippen molar-refractivity contribution >= 4 is 23.5 Å². The lowest BCUT2D eigenvalue weighted by molar-refractivity contribution is -0.138. The Hall–Kier alpha value is -2.26. The molecule has 4 heteroatoms. The zero-order chi connectivity index (χ0) is 21.4. The van der Waals surface area contributed by atoms with E-state index in [2.05, 4.69) is 0 Å². The zero-order valence-corrected chi connectivity index (χ0v) is 18.7. The van der Waals surface area contributed by atoms with Crippen molar-refractivity contribution < 1.29 is 14.3 Å². The zero-order valence-electron chi connectivity index (χ0n) is 18.0. The third-order valence-electron chi connectivity index (χ3n) is 7.50. The van der Waals surface area contributed by atoms with E-state index in [0.29, 0.717) is 17.4 Å². The number of carbonyl (C=O) groups excluding carboxylic acids is 1. The van der Waals surface area contributed by atoms with Crippen molar-refractivity contribution in [2.75, 3.05) is 7.11 Å². The average Bonchev–Trinajstić information content (AvgIpc) is 2.76. The molecule has 0 radical (unpaired) electrons. The van der Waals surface area contributed by atoms with E-state index in [4.69, 9.17) is 21.1 Å². The normalized spacial score (nSPS) is 28.8. The van der Waals surface area contributed by atoms with E-state index in [9.17, 15) is 4.79 Å². The van der Waals surface area contributed by atoms with E-state index >= 15 is 0 Å². The van der Waals surface area contributed by atoms with Crippen LogP contribution in [0, 0.1) is 23.2 Å². The summed E-state index contributed by atoms with van der Waals surface area (Å²) in [6.45, 7) is 0.384. The Morgan fingerprint density at radius 3 is 2.29 bits per heavy atom. The molecule has 6 rings (SSSR count). The number of halogens is 1. The fourth-order valence-electron chi connectivity index (χ4n) is 6.47. The van der Waals surface area contributed by atoms with Crippen LogP contribution >= 0.6 is 11.6 Å². The van der Waals surface area contributed by atoms with Gasteiger partial charge in [0.15, 0.2) is 5.78 Å². The molecule has 4 aliphatic carbocycles. The van der Waals surface area contributed by atoms with E-state index in [-0.39, 0.29) is 5.41 Å². The first kappa shape index (κ1) is 20.6. The molecule has 2 aromatic rings. The first-order valence-electron chi connectivity index (χ1n) is 11.3. The molecule has 0 aromatic heterocycles. The van der Waals surface area contributed by atoms with Gasteiger partial charge in [-0.15, -0.1) is 0 Å². The van der Waals surface area contributed by atoms with Crippen molar-refractivity contribution in [3.05, 3.63) is 64.7 Å². The Labute approximate surface area is 189 Å². The summed E-state index contributed by atoms with van der Waals surface area (Å²) in [4.78, 5) is 13.3. The van der Waals surface area contributed by atoms with Crippen molar-refractivity contribution in [1.29, 1.82) is 0 Å². The summed E-state index contributed by atoms with van der Waals surface area (Å²) in [5, 5.41) is 0.681. The molecule has 4 fully saturated rings. The quantitative estimate of drug-likeness (QED) is 0.451. The largest absolute Gasteiger partial charge is 0.496 e. The number of hydrogen-bond acceptors (Lipinski definition) is 3. The number of ether oxygens (including phenoxy) is 2. The topological polar surface area (TPSA) is 35.5 Å². The van der Waals surface area contributed by atoms with Crippen LogP contribution in [0.25, 0.3) is 6.08 Å². The van der Waals surface area contributed by atoms with Crippen LogP contribution in [0.15, 0.2) is 48.5 Å². The van der Waals surface area contributed by atoms with Crippen LogP contribution in [0.4, 0.5) is 0 Å². The minimum Gasteiger partial charge on any atom is -0.496 e. The summed E-state index contributed by atoms with van der Waals surface area (Å²) in [5.74, 6) is 4.20. The lowest BCUT2D eigenvalue weighted by Gasteiger charge is -2.55. The number of ketones is 1. The maximum Gasteiger partial charge on any atom is 0.161 e. The molecule has 4 saturated carbocycles. The second-order valence-electron chi connectivity index (χ2n) is 9.71. The van der Waals surface area contributed by atoms with Crippen LogP contribution < -0.4 is 9.47 Å². The minimum atomic E-state index is -0.0851. The Bertz CT molecular complexity index is 957. The van der Waals surface area contributed by atoms with Gasteiger partial charge in [0, 0.05) is 16.0 Å². The first-order valence-corrected chi connectivity index (χ1v) is 11.7. The Balaban J connectivity index is 1.30. The molecule has 162 valence electrons. The van der Waals surface area contributed by atoms with Crippen LogP contribution in [0.3, 0.4) is 0 Å². The molecular weight excluding hydrogens is 408 g/mol. The predicted molar refractivity (Wildman–Crippen MR) is 123 cm³/mol. The number of carbonyl (C=O) groups is 1. The molecule has 0 N–H and O–H groups in total. The Morgan fingerprint density at radius 1 is 1.03 bits per heavy atom. The number of allylic oxidation sites excluding steroid dienone is 1. The fourth-order valence-corrected chi connectivity index (χ4v) is 6.59. The molecule has 31 heavy (non-hydrogen) atoms. The Kier molecular flexibility index (Phi) is 5.56. The molecule has 0 saturated heterocycles. The second kappa shape index (κ2) is 8.35. The highest BCUT2D eigenvalue weighted by molar-refractivity contribution is 6.30. The van der Waals surface area contributed by atoms with Crippen LogP contribution in [0.2, 0.25) is 5.02 Å². The summed E-state index contributed by atoms with van der Waals surface area (Å²) >= 11 is 5.95. The maximum atomic E-state index is 13.3. The van der Waals surface area contributed by atoms with Crippen molar-refractivity contribution in [2.45, 2.75) is 45.1 Å². The number of rotatable bonds is 7. The molecule has 4 aliphatic rings. The SMILES string of the molecule is COc1ccc(/C=C/C(=O)C23CC4CC(CC(C4)C2)C3)cc1COc1ccc(Cl)cc1. The minimum absolute atomic E-state index is 0.0851. The molecular formula is C27H29ClO3. The molecule has 0 atom stereocenters. The van der Waals surface area contributed by atoms with E-state index < -0.39 is 0 Å². The first-order chi connectivity index (χ1) is 15.0. The van der Waals surface area contributed by atoms with Gasteiger partial charge >= 0.3 is 0 Å². The van der Waals surface area contributed by atoms with Crippen LogP contribution in [0.1, 0.15) is 49.7 Å². The summed E-state index contributed by atoms with van der Waals surface area (Å²) < 4.78 is 11.4. The summed E-state index contributed by atoms with van der Waals surface area (Å²) in [6, 6.07) is 13.3. The van der Waals surface area contributed by atoms with Gasteiger partial charge in [-0.1, -0.05) is 23.7 Å². The van der Waals surface area contributed by atoms with Crippen LogP contribution in [0.5, 0.6) is 11.5 Å². The molecule has 0 spiro atoms. The van der Waals surface area contributed by atoms with Gasteiger partial charge in [0.25, 0.3) is 0 Å². The van der Waals surface area contributed by atoms with E-state index in [0.717, 1.165) is 59.6 Å². The van der Waals surface area contributed by atoms with Crippen molar-refractivity contribution in [3.63, 3.8) is 0 Å². The maximum absolute atomic E-state index is 13.3. The van der Waals surface area contributed by atoms with Gasteiger partial charge in [-0.2, -0.15) is 0 Å². The van der Waals surface area contributed by atoms with Crippen LogP contribution in [-0.4, -0.2) is 12.9 Å². The van der Waals surface area contributed by atoms with Gasteiger partial charge in [-0.05, 0) is 104 Å². The van der Waals surface area contributed by atoms with Crippen molar-refractivity contribution in [2.24, 2.45) is 23.2 Å². The van der Waals surface area contributed by atoms with Crippen molar-refractivity contribution in [3.8, 4) is 11.5 Å². The second-order valence-corrected chi connectivity index (χ2v) is 10.1. The van der Waals surface area contributed by atoms with E-state index in [1.54, 1.807) is 7.11 Å². The highest BCUT2D eigenvalue weighted by atomic mass is 35.5. The van der Waals surface area contributed by atoms with Gasteiger partial charge in [0.1, 0.15) is 18.1 Å². The Morgan fingerprint density at radius 2 is 1.68 bits per heavy atom. The molecule has 4 bridgehead atoms. The van der Waals surface area contributed by atoms with Gasteiger partial charge in [-0.3, -0.25) is 4.79 Å².